The average Bonchev–Trinajstić information content (AvgIpc) is 2.96. The number of carbonyl (C=O) groups is 2. The molecule has 0 heterocycles. The van der Waals surface area contributed by atoms with Gasteiger partial charge in [-0.2, -0.15) is 0 Å². The number of aryl methyl sites for hydroxylation is 1. The molecule has 3 rings (SSSR count). The van der Waals surface area contributed by atoms with Crippen molar-refractivity contribution >= 4 is 27.5 Å². The zero-order valence-electron chi connectivity index (χ0n) is 24.0. The third-order valence-corrected chi connectivity index (χ3v) is 8.67. The van der Waals surface area contributed by atoms with Crippen LogP contribution in [0.25, 0.3) is 0 Å². The number of hydrogen-bond acceptors (Lipinski definition) is 5. The number of sulfonamides is 1. The summed E-state index contributed by atoms with van der Waals surface area (Å²) in [5, 5.41) is 2.63. The zero-order valence-corrected chi connectivity index (χ0v) is 24.9. The van der Waals surface area contributed by atoms with Crippen LogP contribution in [0.4, 0.5) is 5.69 Å². The Balaban J connectivity index is 2.06. The third-order valence-electron chi connectivity index (χ3n) is 6.88. The van der Waals surface area contributed by atoms with Crippen molar-refractivity contribution in [2.75, 3.05) is 25.0 Å². The number of ether oxygens (including phenoxy) is 1. The second-order valence-electron chi connectivity index (χ2n) is 9.98. The maximum absolute atomic E-state index is 14.0. The molecule has 3 aromatic carbocycles. The monoisotopic (exact) mass is 565 g/mol. The van der Waals surface area contributed by atoms with Gasteiger partial charge in [0.25, 0.3) is 10.0 Å². The van der Waals surface area contributed by atoms with Crippen LogP contribution in [-0.4, -0.2) is 51.9 Å². The molecule has 0 aliphatic rings. The largest absolute Gasteiger partial charge is 0.497 e. The van der Waals surface area contributed by atoms with Crippen molar-refractivity contribution < 1.29 is 22.7 Å². The Morgan fingerprint density at radius 1 is 0.925 bits per heavy atom. The number of hydrogen-bond donors (Lipinski definition) is 1. The van der Waals surface area contributed by atoms with Gasteiger partial charge in [0.15, 0.2) is 0 Å². The molecule has 214 valence electrons. The van der Waals surface area contributed by atoms with Gasteiger partial charge in [0.05, 0.1) is 17.7 Å². The fourth-order valence-corrected chi connectivity index (χ4v) is 5.82. The molecule has 0 fully saturated rings. The molecule has 40 heavy (non-hydrogen) atoms. The molecule has 0 radical (unpaired) electrons. The second-order valence-corrected chi connectivity index (χ2v) is 11.8. The van der Waals surface area contributed by atoms with E-state index < -0.39 is 28.5 Å². The summed E-state index contributed by atoms with van der Waals surface area (Å²) < 4.78 is 34.2. The Labute approximate surface area is 238 Å². The van der Waals surface area contributed by atoms with E-state index in [9.17, 15) is 18.0 Å². The molecular weight excluding hydrogens is 526 g/mol. The summed E-state index contributed by atoms with van der Waals surface area (Å²) >= 11 is 0. The lowest BCUT2D eigenvalue weighted by atomic mass is 10.0. The molecule has 1 atom stereocenters. The summed E-state index contributed by atoms with van der Waals surface area (Å²) in [6.07, 6.45) is 0.357. The molecule has 0 bridgehead atoms. The van der Waals surface area contributed by atoms with Gasteiger partial charge in [-0.05, 0) is 66.8 Å². The molecule has 0 aromatic heterocycles. The maximum atomic E-state index is 14.0. The Morgan fingerprint density at radius 2 is 1.52 bits per heavy atom. The molecule has 1 N–H and O–H groups in total. The zero-order chi connectivity index (χ0) is 29.4. The normalized spacial score (nSPS) is 12.1. The number of benzene rings is 3. The molecule has 0 saturated heterocycles. The van der Waals surface area contributed by atoms with Crippen molar-refractivity contribution in [1.29, 1.82) is 0 Å². The number of nitrogens with zero attached hydrogens (tertiary/aromatic N) is 2. The van der Waals surface area contributed by atoms with Crippen molar-refractivity contribution in [3.8, 4) is 5.75 Å². The first-order valence-corrected chi connectivity index (χ1v) is 14.8. The lowest BCUT2D eigenvalue weighted by Gasteiger charge is -2.33. The Kier molecular flexibility index (Phi) is 10.3. The van der Waals surface area contributed by atoms with Crippen molar-refractivity contribution in [2.24, 2.45) is 0 Å². The van der Waals surface area contributed by atoms with Crippen LogP contribution in [0.2, 0.25) is 0 Å². The van der Waals surface area contributed by atoms with E-state index in [1.165, 1.54) is 11.9 Å². The van der Waals surface area contributed by atoms with Gasteiger partial charge in [0.2, 0.25) is 11.8 Å². The minimum atomic E-state index is -4.10. The smallest absolute Gasteiger partial charge is 0.264 e. The molecule has 2 amide bonds. The van der Waals surface area contributed by atoms with Gasteiger partial charge in [-0.1, -0.05) is 62.7 Å². The van der Waals surface area contributed by atoms with Gasteiger partial charge >= 0.3 is 0 Å². The summed E-state index contributed by atoms with van der Waals surface area (Å²) in [6.45, 7) is 7.46. The first-order chi connectivity index (χ1) is 19.0. The van der Waals surface area contributed by atoms with Crippen molar-refractivity contribution in [2.45, 2.75) is 57.5 Å². The van der Waals surface area contributed by atoms with Crippen LogP contribution >= 0.6 is 0 Å². The summed E-state index contributed by atoms with van der Waals surface area (Å²) in [5.41, 5.74) is 3.13. The minimum absolute atomic E-state index is 0.0823. The number of nitrogens with one attached hydrogen (secondary N) is 1. The number of amides is 2. The third kappa shape index (κ3) is 7.21. The van der Waals surface area contributed by atoms with Crippen LogP contribution in [-0.2, 0) is 26.2 Å². The first-order valence-electron chi connectivity index (χ1n) is 13.3. The fourth-order valence-electron chi connectivity index (χ4n) is 4.41. The molecular formula is C31H39N3O5S. The van der Waals surface area contributed by atoms with E-state index in [2.05, 4.69) is 19.2 Å². The number of methoxy groups -OCH3 is 1. The van der Waals surface area contributed by atoms with Gasteiger partial charge in [-0.25, -0.2) is 8.42 Å². The Morgan fingerprint density at radius 3 is 2.02 bits per heavy atom. The predicted octanol–water partition coefficient (Wildman–Crippen LogP) is 4.88. The summed E-state index contributed by atoms with van der Waals surface area (Å²) in [7, 11) is -1.01. The molecule has 0 aliphatic heterocycles. The van der Waals surface area contributed by atoms with Crippen LogP contribution in [0.5, 0.6) is 5.75 Å². The molecule has 0 unspecified atom stereocenters. The summed E-state index contributed by atoms with van der Waals surface area (Å²) in [6, 6.07) is 20.1. The van der Waals surface area contributed by atoms with E-state index in [4.69, 9.17) is 4.74 Å². The molecule has 0 saturated carbocycles. The van der Waals surface area contributed by atoms with Gasteiger partial charge in [-0.15, -0.1) is 0 Å². The number of rotatable bonds is 12. The van der Waals surface area contributed by atoms with Gasteiger partial charge in [-0.3, -0.25) is 13.9 Å². The summed E-state index contributed by atoms with van der Waals surface area (Å²) in [5.74, 6) is 0.115. The Hall–Kier alpha value is -3.85. The van der Waals surface area contributed by atoms with Gasteiger partial charge < -0.3 is 15.0 Å². The van der Waals surface area contributed by atoms with E-state index in [0.717, 1.165) is 21.0 Å². The topological polar surface area (TPSA) is 96.0 Å². The van der Waals surface area contributed by atoms with Gasteiger partial charge in [0, 0.05) is 13.6 Å². The molecule has 3 aromatic rings. The highest BCUT2D eigenvalue weighted by molar-refractivity contribution is 7.92. The van der Waals surface area contributed by atoms with E-state index >= 15 is 0 Å². The van der Waals surface area contributed by atoms with Crippen LogP contribution in [0.3, 0.4) is 0 Å². The van der Waals surface area contributed by atoms with Crippen molar-refractivity contribution in [1.82, 2.24) is 10.2 Å². The van der Waals surface area contributed by atoms with Crippen molar-refractivity contribution in [3.05, 3.63) is 89.5 Å². The second kappa shape index (κ2) is 13.5. The van der Waals surface area contributed by atoms with E-state index in [1.54, 1.807) is 55.6 Å². The maximum Gasteiger partial charge on any atom is 0.264 e. The molecule has 0 aliphatic carbocycles. The highest BCUT2D eigenvalue weighted by atomic mass is 32.2. The molecule has 8 nitrogen and oxygen atoms in total. The van der Waals surface area contributed by atoms with E-state index in [0.29, 0.717) is 17.9 Å². The number of carbonyl (C=O) groups excluding carboxylic acids is 2. The highest BCUT2D eigenvalue weighted by Crippen LogP contribution is 2.27. The highest BCUT2D eigenvalue weighted by Gasteiger charge is 2.33. The van der Waals surface area contributed by atoms with Crippen molar-refractivity contribution in [3.63, 3.8) is 0 Å². The standard InChI is InChI=1S/C31H39N3O5S/c1-7-29(31(36)32-5)33(20-24-10-16-27(39-6)17-11-24)30(35)21-34(26-14-12-25(13-15-26)22(2)3)40(37,38)28-18-8-23(4)9-19-28/h8-19,22,29H,7,20-21H2,1-6H3,(H,32,36)/t29-/m0/s1. The van der Waals surface area contributed by atoms with Crippen LogP contribution in [0, 0.1) is 6.92 Å². The SMILES string of the molecule is CC[C@@H](C(=O)NC)N(Cc1ccc(OC)cc1)C(=O)CN(c1ccc(C(C)C)cc1)S(=O)(=O)c1ccc(C)cc1. The predicted molar refractivity (Wildman–Crippen MR) is 158 cm³/mol. The number of anilines is 1. The van der Waals surface area contributed by atoms with Crippen LogP contribution in [0.15, 0.2) is 77.7 Å². The quantitative estimate of drug-likeness (QED) is 0.338. The Bertz CT molecular complexity index is 1390. The van der Waals surface area contributed by atoms with Crippen LogP contribution < -0.4 is 14.4 Å². The van der Waals surface area contributed by atoms with Gasteiger partial charge in [0.1, 0.15) is 18.3 Å². The molecule has 9 heteroatoms. The lowest BCUT2D eigenvalue weighted by molar-refractivity contribution is -0.140. The van der Waals surface area contributed by atoms with E-state index in [-0.39, 0.29) is 23.3 Å². The fraction of sp³-hybridized carbons (Fsp3) is 0.355. The summed E-state index contributed by atoms with van der Waals surface area (Å²) in [4.78, 5) is 28.4. The first kappa shape index (κ1) is 30.7. The lowest BCUT2D eigenvalue weighted by Crippen LogP contribution is -2.51. The van der Waals surface area contributed by atoms with Crippen LogP contribution in [0.1, 0.15) is 49.8 Å². The van der Waals surface area contributed by atoms with E-state index in [1.807, 2.05) is 38.1 Å². The minimum Gasteiger partial charge on any atom is -0.497 e. The number of likely N-dealkylation sites (N-methyl/N-ethyl adjacent to an activating group) is 1. The molecule has 0 spiro atoms. The average molecular weight is 566 g/mol.